The Morgan fingerprint density at radius 3 is 2.46 bits per heavy atom. The maximum absolute atomic E-state index is 13.1. The zero-order chi connectivity index (χ0) is 26.4. The normalized spacial score (nSPS) is 14.3. The Hall–Kier alpha value is -3.62. The number of hydrogen-bond acceptors (Lipinski definition) is 7. The number of carbonyl (C=O) groups excluding carboxylic acids is 1. The van der Waals surface area contributed by atoms with E-state index in [-0.39, 0.29) is 11.4 Å². The van der Waals surface area contributed by atoms with Gasteiger partial charge in [-0.15, -0.1) is 11.3 Å². The number of piperazine rings is 1. The lowest BCUT2D eigenvalue weighted by molar-refractivity contribution is 0.102. The lowest BCUT2D eigenvalue weighted by Crippen LogP contribution is -2.43. The quantitative estimate of drug-likeness (QED) is 0.343. The van der Waals surface area contributed by atoms with Crippen molar-refractivity contribution in [1.29, 1.82) is 0 Å². The molecule has 37 heavy (non-hydrogen) atoms. The van der Waals surface area contributed by atoms with E-state index in [0.29, 0.717) is 10.8 Å². The molecule has 0 radical (unpaired) electrons. The first-order chi connectivity index (χ1) is 17.7. The number of aromatic nitrogens is 1. The highest BCUT2D eigenvalue weighted by atomic mass is 32.1. The molecule has 1 aliphatic heterocycles. The molecule has 2 heterocycles. The van der Waals surface area contributed by atoms with Crippen molar-refractivity contribution in [1.82, 2.24) is 15.2 Å². The molecule has 1 amide bonds. The molecule has 0 bridgehead atoms. The molecule has 1 aromatic heterocycles. The molecule has 0 saturated carbocycles. The topological polar surface area (TPSA) is 72.5 Å². The van der Waals surface area contributed by atoms with E-state index in [1.807, 2.05) is 67.7 Å². The second-order valence-electron chi connectivity index (χ2n) is 10.0. The van der Waals surface area contributed by atoms with E-state index in [0.717, 1.165) is 54.5 Å². The highest BCUT2D eigenvalue weighted by Crippen LogP contribution is 2.28. The molecule has 194 valence electrons. The largest absolute Gasteiger partial charge is 0.367 e. The second kappa shape index (κ2) is 11.6. The van der Waals surface area contributed by atoms with Crippen LogP contribution >= 0.6 is 11.3 Å². The third-order valence-corrected chi connectivity index (χ3v) is 7.16. The summed E-state index contributed by atoms with van der Waals surface area (Å²) >= 11 is 1.40. The smallest absolute Gasteiger partial charge is 0.275 e. The molecule has 4 rings (SSSR count). The van der Waals surface area contributed by atoms with Crippen LogP contribution < -0.4 is 20.9 Å². The molecule has 3 N–H and O–H groups in total. The summed E-state index contributed by atoms with van der Waals surface area (Å²) in [4.78, 5) is 22.2. The van der Waals surface area contributed by atoms with Gasteiger partial charge in [0.1, 0.15) is 11.5 Å². The summed E-state index contributed by atoms with van der Waals surface area (Å²) in [5.74, 6) is 0.627. The van der Waals surface area contributed by atoms with E-state index in [9.17, 15) is 4.79 Å². The van der Waals surface area contributed by atoms with Crippen LogP contribution in [0.25, 0.3) is 5.57 Å². The van der Waals surface area contributed by atoms with Gasteiger partial charge in [0.2, 0.25) is 0 Å². The van der Waals surface area contributed by atoms with Crippen LogP contribution in [-0.4, -0.2) is 54.6 Å². The van der Waals surface area contributed by atoms with Crippen molar-refractivity contribution in [3.63, 3.8) is 0 Å². The summed E-state index contributed by atoms with van der Waals surface area (Å²) in [5, 5.41) is 12.3. The minimum absolute atomic E-state index is 0.138. The Labute approximate surface area is 223 Å². The van der Waals surface area contributed by atoms with Crippen molar-refractivity contribution in [2.45, 2.75) is 26.3 Å². The Kier molecular flexibility index (Phi) is 8.31. The SMILES string of the molecule is C=C(/C=C(/Nc1nc(C(=O)Nc2ccccc2N2CCNCC2)cs1)N(C)C(C)(C)C)c1ccccc1. The summed E-state index contributed by atoms with van der Waals surface area (Å²) < 4.78 is 0. The molecule has 7 nitrogen and oxygen atoms in total. The Morgan fingerprint density at radius 1 is 1.08 bits per heavy atom. The minimum atomic E-state index is -0.227. The Bertz CT molecular complexity index is 1250. The van der Waals surface area contributed by atoms with E-state index in [4.69, 9.17) is 0 Å². The third-order valence-electron chi connectivity index (χ3n) is 6.40. The number of para-hydroxylation sites is 2. The van der Waals surface area contributed by atoms with E-state index in [2.05, 4.69) is 58.1 Å². The predicted molar refractivity (Wildman–Crippen MR) is 156 cm³/mol. The van der Waals surface area contributed by atoms with E-state index in [1.165, 1.54) is 11.3 Å². The number of hydrogen-bond donors (Lipinski definition) is 3. The highest BCUT2D eigenvalue weighted by molar-refractivity contribution is 7.14. The molecule has 2 aromatic carbocycles. The molecule has 0 spiro atoms. The first-order valence-electron chi connectivity index (χ1n) is 12.5. The van der Waals surface area contributed by atoms with Crippen molar-refractivity contribution < 1.29 is 4.79 Å². The molecule has 1 saturated heterocycles. The van der Waals surface area contributed by atoms with Gasteiger partial charge in [0, 0.05) is 44.1 Å². The first kappa shape index (κ1) is 26.4. The van der Waals surface area contributed by atoms with Gasteiger partial charge < -0.3 is 25.8 Å². The molecule has 0 aliphatic carbocycles. The van der Waals surface area contributed by atoms with Gasteiger partial charge in [-0.3, -0.25) is 4.79 Å². The van der Waals surface area contributed by atoms with E-state index < -0.39 is 0 Å². The molecular formula is C29H36N6OS. The van der Waals surface area contributed by atoms with Gasteiger partial charge in [-0.25, -0.2) is 4.98 Å². The van der Waals surface area contributed by atoms with Gasteiger partial charge >= 0.3 is 0 Å². The lowest BCUT2D eigenvalue weighted by Gasteiger charge is -2.36. The monoisotopic (exact) mass is 516 g/mol. The van der Waals surface area contributed by atoms with Crippen molar-refractivity contribution in [3.05, 3.63) is 89.7 Å². The summed E-state index contributed by atoms with van der Waals surface area (Å²) in [7, 11) is 2.03. The zero-order valence-electron chi connectivity index (χ0n) is 22.0. The van der Waals surface area contributed by atoms with Crippen LogP contribution in [-0.2, 0) is 0 Å². The van der Waals surface area contributed by atoms with Crippen LogP contribution in [0.3, 0.4) is 0 Å². The fourth-order valence-corrected chi connectivity index (χ4v) is 4.67. The molecule has 0 atom stereocenters. The van der Waals surface area contributed by atoms with Gasteiger partial charge in [0.15, 0.2) is 5.13 Å². The highest BCUT2D eigenvalue weighted by Gasteiger charge is 2.22. The number of anilines is 3. The van der Waals surface area contributed by atoms with Gasteiger partial charge in [-0.2, -0.15) is 0 Å². The number of amides is 1. The predicted octanol–water partition coefficient (Wildman–Crippen LogP) is 5.50. The molecule has 8 heteroatoms. The van der Waals surface area contributed by atoms with Crippen LogP contribution in [0.2, 0.25) is 0 Å². The number of benzene rings is 2. The van der Waals surface area contributed by atoms with Crippen molar-refractivity contribution >= 4 is 39.3 Å². The summed E-state index contributed by atoms with van der Waals surface area (Å²) in [6.07, 6.45) is 2.02. The number of thiazole rings is 1. The second-order valence-corrected chi connectivity index (χ2v) is 10.9. The number of carbonyl (C=O) groups is 1. The average Bonchev–Trinajstić information content (AvgIpc) is 3.37. The van der Waals surface area contributed by atoms with Crippen LogP contribution in [0, 0.1) is 0 Å². The van der Waals surface area contributed by atoms with Crippen molar-refractivity contribution in [3.8, 4) is 0 Å². The molecule has 1 aliphatic rings. The van der Waals surface area contributed by atoms with Gasteiger partial charge in [0.05, 0.1) is 11.4 Å². The van der Waals surface area contributed by atoms with Gasteiger partial charge in [-0.1, -0.05) is 49.0 Å². The molecule has 1 fully saturated rings. The summed E-state index contributed by atoms with van der Waals surface area (Å²) in [6.45, 7) is 14.4. The van der Waals surface area contributed by atoms with Gasteiger partial charge in [-0.05, 0) is 50.1 Å². The number of allylic oxidation sites excluding steroid dienone is 2. The molecular weight excluding hydrogens is 480 g/mol. The van der Waals surface area contributed by atoms with Gasteiger partial charge in [0.25, 0.3) is 5.91 Å². The number of nitrogens with zero attached hydrogens (tertiary/aromatic N) is 3. The van der Waals surface area contributed by atoms with Crippen LogP contribution in [0.15, 0.2) is 78.5 Å². The zero-order valence-corrected chi connectivity index (χ0v) is 22.9. The standard InChI is InChI=1S/C29H36N6OS/c1-21(22-11-7-6-8-12-22)19-26(34(5)29(2,3)4)33-28-32-24(20-37-28)27(36)31-23-13-9-10-14-25(23)35-17-15-30-16-18-35/h6-14,19-20,30H,1,15-18H2,2-5H3,(H,31,36)(H,32,33)/b26-19-. The third kappa shape index (κ3) is 6.78. The fourth-order valence-electron chi connectivity index (χ4n) is 3.97. The Balaban J connectivity index is 1.52. The summed E-state index contributed by atoms with van der Waals surface area (Å²) in [5.41, 5.74) is 4.00. The number of rotatable bonds is 8. The van der Waals surface area contributed by atoms with Crippen LogP contribution in [0.1, 0.15) is 36.8 Å². The Morgan fingerprint density at radius 2 is 1.76 bits per heavy atom. The lowest BCUT2D eigenvalue weighted by atomic mass is 10.0. The summed E-state index contributed by atoms with van der Waals surface area (Å²) in [6, 6.07) is 18.0. The first-order valence-corrected chi connectivity index (χ1v) is 13.4. The number of nitrogens with one attached hydrogen (secondary N) is 3. The van der Waals surface area contributed by atoms with E-state index >= 15 is 0 Å². The van der Waals surface area contributed by atoms with E-state index in [1.54, 1.807) is 5.38 Å². The average molecular weight is 517 g/mol. The maximum Gasteiger partial charge on any atom is 0.275 e. The molecule has 3 aromatic rings. The minimum Gasteiger partial charge on any atom is -0.367 e. The molecule has 0 unspecified atom stereocenters. The fraction of sp³-hybridized carbons (Fsp3) is 0.310. The van der Waals surface area contributed by atoms with Crippen LogP contribution in [0.4, 0.5) is 16.5 Å². The van der Waals surface area contributed by atoms with Crippen molar-refractivity contribution in [2.75, 3.05) is 48.8 Å². The maximum atomic E-state index is 13.1. The van der Waals surface area contributed by atoms with Crippen molar-refractivity contribution in [2.24, 2.45) is 0 Å². The van der Waals surface area contributed by atoms with Crippen LogP contribution in [0.5, 0.6) is 0 Å².